The Hall–Kier alpha value is -1.91. The first-order chi connectivity index (χ1) is 8.17. The number of allylic oxidation sites excluding steroid dienone is 2. The molecule has 0 atom stereocenters. The van der Waals surface area contributed by atoms with E-state index in [0.717, 1.165) is 0 Å². The SMILES string of the molecule is CC=C(CC)C(=O)c1ncc(OC)nc1OC. The average molecular weight is 236 g/mol. The number of Topliss-reactive ketones (excluding diaryl/α,β-unsaturated/α-hetero) is 1. The Morgan fingerprint density at radius 3 is 2.59 bits per heavy atom. The minimum absolute atomic E-state index is 0.165. The van der Waals surface area contributed by atoms with Gasteiger partial charge in [0.2, 0.25) is 17.5 Å². The molecule has 0 amide bonds. The van der Waals surface area contributed by atoms with Crippen LogP contribution < -0.4 is 9.47 Å². The Morgan fingerprint density at radius 1 is 1.41 bits per heavy atom. The van der Waals surface area contributed by atoms with Crippen molar-refractivity contribution in [3.8, 4) is 11.8 Å². The number of carbonyl (C=O) groups excluding carboxylic acids is 1. The van der Waals surface area contributed by atoms with Crippen LogP contribution in [0.5, 0.6) is 11.8 Å². The third-order valence-electron chi connectivity index (χ3n) is 2.36. The molecule has 1 heterocycles. The number of carbonyl (C=O) groups is 1. The number of nitrogens with zero attached hydrogens (tertiary/aromatic N) is 2. The Balaban J connectivity index is 3.18. The van der Waals surface area contributed by atoms with Crippen LogP contribution in [-0.2, 0) is 0 Å². The van der Waals surface area contributed by atoms with E-state index in [4.69, 9.17) is 9.47 Å². The van der Waals surface area contributed by atoms with Crippen molar-refractivity contribution in [1.82, 2.24) is 9.97 Å². The second-order valence-corrected chi connectivity index (χ2v) is 3.27. The normalized spacial score (nSPS) is 11.2. The maximum Gasteiger partial charge on any atom is 0.247 e. The van der Waals surface area contributed by atoms with Crippen LogP contribution in [0.4, 0.5) is 0 Å². The monoisotopic (exact) mass is 236 g/mol. The summed E-state index contributed by atoms with van der Waals surface area (Å²) in [4.78, 5) is 20.2. The lowest BCUT2D eigenvalue weighted by atomic mass is 10.1. The molecule has 0 aliphatic rings. The van der Waals surface area contributed by atoms with Gasteiger partial charge in [0.1, 0.15) is 0 Å². The van der Waals surface area contributed by atoms with E-state index in [1.54, 1.807) is 6.08 Å². The highest BCUT2D eigenvalue weighted by atomic mass is 16.5. The summed E-state index contributed by atoms with van der Waals surface area (Å²) in [6, 6.07) is 0. The Kier molecular flexibility index (Phi) is 4.63. The summed E-state index contributed by atoms with van der Waals surface area (Å²) in [5, 5.41) is 0. The van der Waals surface area contributed by atoms with Crippen molar-refractivity contribution in [3.05, 3.63) is 23.5 Å². The van der Waals surface area contributed by atoms with E-state index in [1.807, 2.05) is 13.8 Å². The molecule has 0 saturated heterocycles. The van der Waals surface area contributed by atoms with Crippen LogP contribution in [0, 0.1) is 0 Å². The number of ether oxygens (including phenoxy) is 2. The number of ketones is 1. The zero-order valence-electron chi connectivity index (χ0n) is 10.5. The fraction of sp³-hybridized carbons (Fsp3) is 0.417. The lowest BCUT2D eigenvalue weighted by Gasteiger charge is -2.08. The van der Waals surface area contributed by atoms with Crippen LogP contribution in [0.2, 0.25) is 0 Å². The predicted molar refractivity (Wildman–Crippen MR) is 63.5 cm³/mol. The summed E-state index contributed by atoms with van der Waals surface area (Å²) in [5.74, 6) is 0.334. The molecule has 1 aromatic heterocycles. The minimum atomic E-state index is -0.165. The number of hydrogen-bond acceptors (Lipinski definition) is 5. The van der Waals surface area contributed by atoms with E-state index in [-0.39, 0.29) is 17.4 Å². The van der Waals surface area contributed by atoms with E-state index in [1.165, 1.54) is 20.4 Å². The molecule has 0 radical (unpaired) electrons. The van der Waals surface area contributed by atoms with Crippen molar-refractivity contribution in [1.29, 1.82) is 0 Å². The second-order valence-electron chi connectivity index (χ2n) is 3.27. The Bertz CT molecular complexity index is 441. The van der Waals surface area contributed by atoms with Gasteiger partial charge in [-0.05, 0) is 18.9 Å². The van der Waals surface area contributed by atoms with Gasteiger partial charge in [-0.15, -0.1) is 0 Å². The van der Waals surface area contributed by atoms with E-state index in [2.05, 4.69) is 9.97 Å². The zero-order chi connectivity index (χ0) is 12.8. The summed E-state index contributed by atoms with van der Waals surface area (Å²) in [5.41, 5.74) is 0.894. The van der Waals surface area contributed by atoms with E-state index < -0.39 is 0 Å². The number of rotatable bonds is 5. The molecule has 5 heteroatoms. The maximum atomic E-state index is 12.1. The van der Waals surface area contributed by atoms with Crippen molar-refractivity contribution in [2.24, 2.45) is 0 Å². The van der Waals surface area contributed by atoms with Gasteiger partial charge in [-0.2, -0.15) is 4.98 Å². The van der Waals surface area contributed by atoms with Gasteiger partial charge in [-0.25, -0.2) is 4.98 Å². The molecule has 92 valence electrons. The van der Waals surface area contributed by atoms with Gasteiger partial charge in [0.15, 0.2) is 5.69 Å². The smallest absolute Gasteiger partial charge is 0.247 e. The van der Waals surface area contributed by atoms with Crippen molar-refractivity contribution in [3.63, 3.8) is 0 Å². The summed E-state index contributed by atoms with van der Waals surface area (Å²) >= 11 is 0. The highest BCUT2D eigenvalue weighted by molar-refractivity contribution is 6.08. The number of methoxy groups -OCH3 is 2. The van der Waals surface area contributed by atoms with Gasteiger partial charge in [-0.3, -0.25) is 4.79 Å². The Morgan fingerprint density at radius 2 is 2.12 bits per heavy atom. The number of hydrogen-bond donors (Lipinski definition) is 0. The topological polar surface area (TPSA) is 61.3 Å². The molecule has 0 N–H and O–H groups in total. The third-order valence-corrected chi connectivity index (χ3v) is 2.36. The van der Waals surface area contributed by atoms with Crippen LogP contribution >= 0.6 is 0 Å². The predicted octanol–water partition coefficient (Wildman–Crippen LogP) is 2.03. The highest BCUT2D eigenvalue weighted by Gasteiger charge is 2.18. The van der Waals surface area contributed by atoms with Crippen molar-refractivity contribution >= 4 is 5.78 Å². The van der Waals surface area contributed by atoms with Gasteiger partial charge in [0, 0.05) is 0 Å². The molecule has 0 saturated carbocycles. The van der Waals surface area contributed by atoms with Crippen LogP contribution in [0.15, 0.2) is 17.8 Å². The van der Waals surface area contributed by atoms with Gasteiger partial charge in [-0.1, -0.05) is 13.0 Å². The maximum absolute atomic E-state index is 12.1. The number of aromatic nitrogens is 2. The van der Waals surface area contributed by atoms with Crippen LogP contribution in [0.3, 0.4) is 0 Å². The molecule has 1 aromatic rings. The Labute approximate surface area is 100 Å². The molecule has 1 rings (SSSR count). The van der Waals surface area contributed by atoms with Gasteiger partial charge in [0.25, 0.3) is 0 Å². The largest absolute Gasteiger partial charge is 0.480 e. The van der Waals surface area contributed by atoms with Crippen molar-refractivity contribution in [2.45, 2.75) is 20.3 Å². The molecular formula is C12H16N2O3. The average Bonchev–Trinajstić information content (AvgIpc) is 2.39. The van der Waals surface area contributed by atoms with Gasteiger partial charge >= 0.3 is 0 Å². The fourth-order valence-corrected chi connectivity index (χ4v) is 1.40. The summed E-state index contributed by atoms with van der Waals surface area (Å²) in [6.45, 7) is 3.73. The molecular weight excluding hydrogens is 220 g/mol. The standard InChI is InChI=1S/C12H16N2O3/c1-5-8(6-2)11(15)10-12(17-4)14-9(16-3)7-13-10/h5,7H,6H2,1-4H3. The third kappa shape index (κ3) is 2.81. The van der Waals surface area contributed by atoms with Crippen LogP contribution in [0.25, 0.3) is 0 Å². The van der Waals surface area contributed by atoms with Crippen LogP contribution in [-0.4, -0.2) is 30.0 Å². The second kappa shape index (κ2) is 5.98. The van der Waals surface area contributed by atoms with Crippen molar-refractivity contribution in [2.75, 3.05) is 14.2 Å². The lowest BCUT2D eigenvalue weighted by molar-refractivity contribution is 0.102. The van der Waals surface area contributed by atoms with Crippen LogP contribution in [0.1, 0.15) is 30.8 Å². The summed E-state index contributed by atoms with van der Waals surface area (Å²) < 4.78 is 9.97. The first-order valence-electron chi connectivity index (χ1n) is 5.32. The van der Waals surface area contributed by atoms with E-state index in [0.29, 0.717) is 17.9 Å². The molecule has 0 aromatic carbocycles. The molecule has 0 aliphatic heterocycles. The molecule has 0 unspecified atom stereocenters. The van der Waals surface area contributed by atoms with Gasteiger partial charge < -0.3 is 9.47 Å². The first kappa shape index (κ1) is 13.2. The zero-order valence-corrected chi connectivity index (χ0v) is 10.5. The molecule has 0 bridgehead atoms. The first-order valence-corrected chi connectivity index (χ1v) is 5.32. The highest BCUT2D eigenvalue weighted by Crippen LogP contribution is 2.20. The molecule has 5 nitrogen and oxygen atoms in total. The van der Waals surface area contributed by atoms with Crippen molar-refractivity contribution < 1.29 is 14.3 Å². The molecule has 0 spiro atoms. The quantitative estimate of drug-likeness (QED) is 0.578. The molecule has 0 fully saturated rings. The van der Waals surface area contributed by atoms with E-state index >= 15 is 0 Å². The van der Waals surface area contributed by atoms with E-state index in [9.17, 15) is 4.79 Å². The lowest BCUT2D eigenvalue weighted by Crippen LogP contribution is -2.09. The summed E-state index contributed by atoms with van der Waals surface area (Å²) in [7, 11) is 2.93. The minimum Gasteiger partial charge on any atom is -0.480 e. The summed E-state index contributed by atoms with van der Waals surface area (Å²) in [6.07, 6.45) is 3.82. The van der Waals surface area contributed by atoms with Gasteiger partial charge in [0.05, 0.1) is 20.4 Å². The molecule has 0 aliphatic carbocycles. The fourth-order valence-electron chi connectivity index (χ4n) is 1.40. The molecule has 17 heavy (non-hydrogen) atoms.